The smallest absolute Gasteiger partial charge is 0.151 e. The minimum Gasteiger partial charge on any atom is -0.384 e. The Bertz CT molecular complexity index is 440. The Kier molecular flexibility index (Phi) is 4.89. The van der Waals surface area contributed by atoms with Crippen molar-refractivity contribution >= 4 is 38.7 Å². The lowest BCUT2D eigenvalue weighted by atomic mass is 10.3. The fourth-order valence-electron chi connectivity index (χ4n) is 1.15. The lowest BCUT2D eigenvalue weighted by molar-refractivity contribution is 0.597. The average Bonchev–Trinajstić information content (AvgIpc) is 2.16. The molecule has 0 amide bonds. The maximum absolute atomic E-state index is 11.2. The molecule has 0 fully saturated rings. The highest BCUT2D eigenvalue weighted by atomic mass is 35.5. The van der Waals surface area contributed by atoms with Gasteiger partial charge in [-0.3, -0.25) is 0 Å². The topological polar surface area (TPSA) is 46.2 Å². The summed E-state index contributed by atoms with van der Waals surface area (Å²) in [5, 5.41) is 4.01. The van der Waals surface area contributed by atoms with Crippen LogP contribution in [0, 0.1) is 0 Å². The fourth-order valence-corrected chi connectivity index (χ4v) is 2.38. The third-order valence-electron chi connectivity index (χ3n) is 2.04. The van der Waals surface area contributed by atoms with Gasteiger partial charge in [-0.15, -0.1) is 0 Å². The summed E-state index contributed by atoms with van der Waals surface area (Å²) in [7, 11) is -2.94. The zero-order chi connectivity index (χ0) is 12.2. The van der Waals surface area contributed by atoms with E-state index in [2.05, 4.69) is 5.32 Å². The van der Waals surface area contributed by atoms with Crippen LogP contribution < -0.4 is 5.32 Å². The van der Waals surface area contributed by atoms with Gasteiger partial charge in [-0.1, -0.05) is 30.1 Å². The zero-order valence-corrected chi connectivity index (χ0v) is 11.2. The lowest BCUT2D eigenvalue weighted by Gasteiger charge is -2.07. The number of anilines is 1. The number of rotatable bonds is 5. The summed E-state index contributed by atoms with van der Waals surface area (Å²) in [6, 6.07) is 5.02. The standard InChI is InChI=1S/C10H13Cl2NO2S/c1-2-16(14,15)4-3-13-10-6-8(11)5-9(12)7-10/h5-7,13H,2-4H2,1H3. The van der Waals surface area contributed by atoms with Gasteiger partial charge in [0, 0.05) is 28.0 Å². The molecule has 0 aliphatic rings. The van der Waals surface area contributed by atoms with E-state index >= 15 is 0 Å². The highest BCUT2D eigenvalue weighted by Crippen LogP contribution is 2.22. The number of nitrogens with one attached hydrogen (secondary N) is 1. The minimum absolute atomic E-state index is 0.105. The highest BCUT2D eigenvalue weighted by Gasteiger charge is 2.06. The molecule has 0 heterocycles. The molecule has 90 valence electrons. The van der Waals surface area contributed by atoms with Gasteiger partial charge < -0.3 is 5.32 Å². The summed E-state index contributed by atoms with van der Waals surface area (Å²) in [6.45, 7) is 1.98. The Hall–Kier alpha value is -0.450. The van der Waals surface area contributed by atoms with Gasteiger partial charge in [0.05, 0.1) is 5.75 Å². The Balaban J connectivity index is 2.55. The van der Waals surface area contributed by atoms with Crippen LogP contribution in [-0.4, -0.2) is 26.5 Å². The minimum atomic E-state index is -2.94. The first-order valence-electron chi connectivity index (χ1n) is 4.83. The molecular weight excluding hydrogens is 269 g/mol. The van der Waals surface area contributed by atoms with E-state index in [9.17, 15) is 8.42 Å². The van der Waals surface area contributed by atoms with Crippen LogP contribution in [0.15, 0.2) is 18.2 Å². The van der Waals surface area contributed by atoms with Gasteiger partial charge in [0.25, 0.3) is 0 Å². The van der Waals surface area contributed by atoms with Crippen molar-refractivity contribution in [3.63, 3.8) is 0 Å². The van der Waals surface area contributed by atoms with Crippen LogP contribution in [-0.2, 0) is 9.84 Å². The molecular formula is C10H13Cl2NO2S. The molecule has 0 aliphatic carbocycles. The predicted molar refractivity (Wildman–Crippen MR) is 69.3 cm³/mol. The second-order valence-electron chi connectivity index (χ2n) is 3.32. The van der Waals surface area contributed by atoms with Gasteiger partial charge >= 0.3 is 0 Å². The summed E-state index contributed by atoms with van der Waals surface area (Å²) in [5.74, 6) is 0.263. The highest BCUT2D eigenvalue weighted by molar-refractivity contribution is 7.91. The van der Waals surface area contributed by atoms with E-state index in [0.29, 0.717) is 16.6 Å². The second kappa shape index (κ2) is 5.75. The van der Waals surface area contributed by atoms with E-state index in [1.165, 1.54) is 0 Å². The number of hydrogen-bond donors (Lipinski definition) is 1. The first-order chi connectivity index (χ1) is 7.43. The quantitative estimate of drug-likeness (QED) is 0.903. The van der Waals surface area contributed by atoms with Crippen LogP contribution in [0.5, 0.6) is 0 Å². The molecule has 0 aliphatic heterocycles. The van der Waals surface area contributed by atoms with E-state index in [1.807, 2.05) is 0 Å². The van der Waals surface area contributed by atoms with E-state index in [4.69, 9.17) is 23.2 Å². The molecule has 1 N–H and O–H groups in total. The van der Waals surface area contributed by atoms with E-state index in [-0.39, 0.29) is 11.5 Å². The molecule has 0 bridgehead atoms. The normalized spacial score (nSPS) is 11.4. The van der Waals surface area contributed by atoms with E-state index in [1.54, 1.807) is 25.1 Å². The van der Waals surface area contributed by atoms with Gasteiger partial charge in [0.15, 0.2) is 9.84 Å². The van der Waals surface area contributed by atoms with E-state index < -0.39 is 9.84 Å². The number of hydrogen-bond acceptors (Lipinski definition) is 3. The van der Waals surface area contributed by atoms with Gasteiger partial charge in [-0.25, -0.2) is 8.42 Å². The number of sulfone groups is 1. The van der Waals surface area contributed by atoms with Gasteiger partial charge in [0.2, 0.25) is 0 Å². The van der Waals surface area contributed by atoms with Crippen LogP contribution in [0.4, 0.5) is 5.69 Å². The van der Waals surface area contributed by atoms with Crippen molar-refractivity contribution in [1.29, 1.82) is 0 Å². The summed E-state index contributed by atoms with van der Waals surface area (Å²) in [4.78, 5) is 0. The molecule has 0 saturated carbocycles. The molecule has 16 heavy (non-hydrogen) atoms. The Morgan fingerprint density at radius 1 is 1.19 bits per heavy atom. The number of halogens is 2. The van der Waals surface area contributed by atoms with Crippen LogP contribution in [0.2, 0.25) is 10.0 Å². The molecule has 0 radical (unpaired) electrons. The maximum atomic E-state index is 11.2. The molecule has 0 atom stereocenters. The molecule has 1 aromatic rings. The molecule has 0 unspecified atom stereocenters. The average molecular weight is 282 g/mol. The van der Waals surface area contributed by atoms with Gasteiger partial charge in [-0.05, 0) is 18.2 Å². The van der Waals surface area contributed by atoms with Crippen molar-refractivity contribution in [3.8, 4) is 0 Å². The van der Waals surface area contributed by atoms with Crippen molar-refractivity contribution in [2.75, 3.05) is 23.4 Å². The Morgan fingerprint density at radius 3 is 2.25 bits per heavy atom. The number of benzene rings is 1. The lowest BCUT2D eigenvalue weighted by Crippen LogP contribution is -2.17. The first-order valence-corrected chi connectivity index (χ1v) is 7.41. The van der Waals surface area contributed by atoms with Crippen molar-refractivity contribution in [2.24, 2.45) is 0 Å². The van der Waals surface area contributed by atoms with Gasteiger partial charge in [0.1, 0.15) is 0 Å². The Labute approximate surface area is 106 Å². The fraction of sp³-hybridized carbons (Fsp3) is 0.400. The molecule has 6 heteroatoms. The molecule has 1 aromatic carbocycles. The third kappa shape index (κ3) is 4.60. The van der Waals surface area contributed by atoms with E-state index in [0.717, 1.165) is 5.69 Å². The van der Waals surface area contributed by atoms with Crippen LogP contribution >= 0.6 is 23.2 Å². The molecule has 0 spiro atoms. The summed E-state index contributed by atoms with van der Waals surface area (Å²) >= 11 is 11.6. The molecule has 0 aromatic heterocycles. The molecule has 0 saturated heterocycles. The SMILES string of the molecule is CCS(=O)(=O)CCNc1cc(Cl)cc(Cl)c1. The Morgan fingerprint density at radius 2 is 1.75 bits per heavy atom. The molecule has 1 rings (SSSR count). The van der Waals surface area contributed by atoms with Crippen molar-refractivity contribution in [1.82, 2.24) is 0 Å². The maximum Gasteiger partial charge on any atom is 0.151 e. The zero-order valence-electron chi connectivity index (χ0n) is 8.83. The molecule has 3 nitrogen and oxygen atoms in total. The van der Waals surface area contributed by atoms with Crippen LogP contribution in [0.3, 0.4) is 0 Å². The first kappa shape index (κ1) is 13.6. The largest absolute Gasteiger partial charge is 0.384 e. The van der Waals surface area contributed by atoms with Crippen LogP contribution in [0.1, 0.15) is 6.92 Å². The van der Waals surface area contributed by atoms with Gasteiger partial charge in [-0.2, -0.15) is 0 Å². The summed E-state index contributed by atoms with van der Waals surface area (Å²) < 4.78 is 22.5. The van der Waals surface area contributed by atoms with Crippen LogP contribution in [0.25, 0.3) is 0 Å². The summed E-state index contributed by atoms with van der Waals surface area (Å²) in [5.41, 5.74) is 0.726. The summed E-state index contributed by atoms with van der Waals surface area (Å²) in [6.07, 6.45) is 0. The third-order valence-corrected chi connectivity index (χ3v) is 4.19. The monoisotopic (exact) mass is 281 g/mol. The second-order valence-corrected chi connectivity index (χ2v) is 6.67. The van der Waals surface area contributed by atoms with Crippen molar-refractivity contribution < 1.29 is 8.42 Å². The predicted octanol–water partition coefficient (Wildman–Crippen LogP) is 2.84. The van der Waals surface area contributed by atoms with Crippen molar-refractivity contribution in [3.05, 3.63) is 28.2 Å². The van der Waals surface area contributed by atoms with Crippen molar-refractivity contribution in [2.45, 2.75) is 6.92 Å².